The Morgan fingerprint density at radius 1 is 0.926 bits per heavy atom. The Hall–Kier alpha value is -2.40. The molecule has 0 atom stereocenters. The van der Waals surface area contributed by atoms with Gasteiger partial charge >= 0.3 is 5.97 Å². The summed E-state index contributed by atoms with van der Waals surface area (Å²) in [6.07, 6.45) is 3.28. The first-order chi connectivity index (χ1) is 13.2. The molecule has 1 N–H and O–H groups in total. The highest BCUT2D eigenvalue weighted by molar-refractivity contribution is 7.80. The molecule has 0 saturated carbocycles. The van der Waals surface area contributed by atoms with Crippen molar-refractivity contribution in [2.24, 2.45) is 0 Å². The number of methoxy groups -OCH3 is 1. The summed E-state index contributed by atoms with van der Waals surface area (Å²) in [5.74, 6) is -0.143. The molecule has 0 radical (unpaired) electrons. The number of ether oxygens (including phenoxy) is 1. The second-order valence-corrected chi connectivity index (χ2v) is 6.83. The standard InChI is InChI=1S/C22H28N2O2S/c1-26-21(25)15-9-4-10-16-23-22(27)24(17-19-11-5-2-6-12-19)18-20-13-7-3-8-14-20/h2-3,5-8,11-14H,4,9-10,15-18H2,1H3,(H,23,27). The summed E-state index contributed by atoms with van der Waals surface area (Å²) in [6, 6.07) is 20.7. The number of thiocarbonyl (C=S) groups is 1. The lowest BCUT2D eigenvalue weighted by molar-refractivity contribution is -0.140. The second-order valence-electron chi connectivity index (χ2n) is 6.45. The van der Waals surface area contributed by atoms with E-state index in [4.69, 9.17) is 12.2 Å². The van der Waals surface area contributed by atoms with E-state index in [1.165, 1.54) is 18.2 Å². The maximum Gasteiger partial charge on any atom is 0.305 e. The summed E-state index contributed by atoms with van der Waals surface area (Å²) in [5.41, 5.74) is 2.46. The zero-order valence-corrected chi connectivity index (χ0v) is 16.7. The van der Waals surface area contributed by atoms with Gasteiger partial charge in [0.1, 0.15) is 0 Å². The summed E-state index contributed by atoms with van der Waals surface area (Å²) < 4.78 is 4.66. The number of carbonyl (C=O) groups excluding carboxylic acids is 1. The highest BCUT2D eigenvalue weighted by Crippen LogP contribution is 2.11. The molecule has 0 aliphatic rings. The topological polar surface area (TPSA) is 41.6 Å². The van der Waals surface area contributed by atoms with Crippen LogP contribution in [0.2, 0.25) is 0 Å². The van der Waals surface area contributed by atoms with Crippen LogP contribution in [0.3, 0.4) is 0 Å². The van der Waals surface area contributed by atoms with E-state index >= 15 is 0 Å². The third kappa shape index (κ3) is 8.22. The first-order valence-electron chi connectivity index (χ1n) is 9.36. The summed E-state index contributed by atoms with van der Waals surface area (Å²) >= 11 is 5.65. The minimum atomic E-state index is -0.143. The normalized spacial score (nSPS) is 10.3. The molecule has 0 amide bonds. The molecule has 0 aliphatic carbocycles. The van der Waals surface area contributed by atoms with Crippen molar-refractivity contribution in [2.75, 3.05) is 13.7 Å². The molecule has 5 heteroatoms. The van der Waals surface area contributed by atoms with Crippen molar-refractivity contribution in [1.82, 2.24) is 10.2 Å². The molecule has 0 unspecified atom stereocenters. The van der Waals surface area contributed by atoms with Gasteiger partial charge in [0.05, 0.1) is 7.11 Å². The van der Waals surface area contributed by atoms with E-state index in [0.717, 1.165) is 44.0 Å². The summed E-state index contributed by atoms with van der Waals surface area (Å²) in [7, 11) is 1.43. The second kappa shape index (κ2) is 12.1. The largest absolute Gasteiger partial charge is 0.469 e. The van der Waals surface area contributed by atoms with Crippen LogP contribution in [0.1, 0.15) is 36.8 Å². The molecule has 0 aromatic heterocycles. The van der Waals surface area contributed by atoms with Gasteiger partial charge in [0.2, 0.25) is 0 Å². The number of hydrogen-bond donors (Lipinski definition) is 1. The molecule has 0 fully saturated rings. The average molecular weight is 385 g/mol. The number of nitrogens with one attached hydrogen (secondary N) is 1. The predicted octanol–water partition coefficient (Wildman–Crippen LogP) is 4.30. The first kappa shape index (κ1) is 20.9. The van der Waals surface area contributed by atoms with E-state index in [-0.39, 0.29) is 5.97 Å². The number of hydrogen-bond acceptors (Lipinski definition) is 3. The Morgan fingerprint density at radius 2 is 1.48 bits per heavy atom. The molecule has 0 bridgehead atoms. The fourth-order valence-electron chi connectivity index (χ4n) is 2.79. The molecule has 0 spiro atoms. The number of esters is 1. The van der Waals surface area contributed by atoms with Crippen LogP contribution < -0.4 is 5.32 Å². The van der Waals surface area contributed by atoms with Crippen LogP contribution in [0.5, 0.6) is 0 Å². The average Bonchev–Trinajstić information content (AvgIpc) is 2.71. The molecular weight excluding hydrogens is 356 g/mol. The zero-order chi connectivity index (χ0) is 19.3. The predicted molar refractivity (Wildman–Crippen MR) is 113 cm³/mol. The lowest BCUT2D eigenvalue weighted by Gasteiger charge is -2.26. The molecule has 144 valence electrons. The zero-order valence-electron chi connectivity index (χ0n) is 15.9. The number of benzene rings is 2. The van der Waals surface area contributed by atoms with Crippen molar-refractivity contribution >= 4 is 23.3 Å². The van der Waals surface area contributed by atoms with Gasteiger partial charge in [-0.3, -0.25) is 4.79 Å². The van der Waals surface area contributed by atoms with Crippen molar-refractivity contribution < 1.29 is 9.53 Å². The van der Waals surface area contributed by atoms with E-state index < -0.39 is 0 Å². The van der Waals surface area contributed by atoms with Crippen LogP contribution in [0, 0.1) is 0 Å². The van der Waals surface area contributed by atoms with E-state index in [9.17, 15) is 4.79 Å². The smallest absolute Gasteiger partial charge is 0.305 e. The number of rotatable bonds is 10. The monoisotopic (exact) mass is 384 g/mol. The van der Waals surface area contributed by atoms with E-state index in [1.54, 1.807) is 0 Å². The quantitative estimate of drug-likeness (QED) is 0.376. The van der Waals surface area contributed by atoms with Gasteiger partial charge in [-0.25, -0.2) is 0 Å². The van der Waals surface area contributed by atoms with E-state index in [2.05, 4.69) is 39.2 Å². The Labute approximate surface area is 167 Å². The van der Waals surface area contributed by atoms with E-state index in [0.29, 0.717) is 6.42 Å². The Kier molecular flexibility index (Phi) is 9.35. The fourth-order valence-corrected chi connectivity index (χ4v) is 3.02. The molecule has 2 rings (SSSR count). The van der Waals surface area contributed by atoms with Crippen LogP contribution >= 0.6 is 12.2 Å². The first-order valence-corrected chi connectivity index (χ1v) is 9.77. The highest BCUT2D eigenvalue weighted by Gasteiger charge is 2.11. The van der Waals surface area contributed by atoms with Gasteiger partial charge in [-0.2, -0.15) is 0 Å². The lowest BCUT2D eigenvalue weighted by atomic mass is 10.2. The highest BCUT2D eigenvalue weighted by atomic mass is 32.1. The third-order valence-electron chi connectivity index (χ3n) is 4.28. The van der Waals surface area contributed by atoms with Crippen LogP contribution in [0.4, 0.5) is 0 Å². The Balaban J connectivity index is 1.84. The van der Waals surface area contributed by atoms with Crippen molar-refractivity contribution in [3.05, 3.63) is 71.8 Å². The van der Waals surface area contributed by atoms with Crippen molar-refractivity contribution in [3.63, 3.8) is 0 Å². The summed E-state index contributed by atoms with van der Waals surface area (Å²) in [6.45, 7) is 2.34. The van der Waals surface area contributed by atoms with Gasteiger partial charge < -0.3 is 15.0 Å². The van der Waals surface area contributed by atoms with Gasteiger partial charge in [0, 0.05) is 26.1 Å². The lowest BCUT2D eigenvalue weighted by Crippen LogP contribution is -2.39. The number of carbonyl (C=O) groups is 1. The van der Waals surface area contributed by atoms with Crippen molar-refractivity contribution in [1.29, 1.82) is 0 Å². The van der Waals surface area contributed by atoms with Crippen molar-refractivity contribution in [2.45, 2.75) is 38.8 Å². The van der Waals surface area contributed by atoms with Crippen LogP contribution in [-0.2, 0) is 22.6 Å². The summed E-state index contributed by atoms with van der Waals surface area (Å²) in [4.78, 5) is 13.3. The van der Waals surface area contributed by atoms with Crippen LogP contribution in [0.25, 0.3) is 0 Å². The molecule has 27 heavy (non-hydrogen) atoms. The fraction of sp³-hybridized carbons (Fsp3) is 0.364. The van der Waals surface area contributed by atoms with Gasteiger partial charge in [0.15, 0.2) is 5.11 Å². The molecule has 2 aromatic carbocycles. The minimum Gasteiger partial charge on any atom is -0.469 e. The minimum absolute atomic E-state index is 0.143. The third-order valence-corrected chi connectivity index (χ3v) is 4.68. The maximum atomic E-state index is 11.1. The molecule has 0 aliphatic heterocycles. The number of unbranched alkanes of at least 4 members (excludes halogenated alkanes) is 2. The molecule has 4 nitrogen and oxygen atoms in total. The van der Waals surface area contributed by atoms with Gasteiger partial charge in [-0.05, 0) is 36.2 Å². The van der Waals surface area contributed by atoms with Gasteiger partial charge in [0.25, 0.3) is 0 Å². The molecule has 0 saturated heterocycles. The molecule has 2 aromatic rings. The van der Waals surface area contributed by atoms with Gasteiger partial charge in [-0.1, -0.05) is 67.1 Å². The SMILES string of the molecule is COC(=O)CCCCCNC(=S)N(Cc1ccccc1)Cc1ccccc1. The Morgan fingerprint density at radius 3 is 2.00 bits per heavy atom. The Bertz CT molecular complexity index is 650. The van der Waals surface area contributed by atoms with Crippen LogP contribution in [0.15, 0.2) is 60.7 Å². The number of nitrogens with zero attached hydrogens (tertiary/aromatic N) is 1. The van der Waals surface area contributed by atoms with Crippen LogP contribution in [-0.4, -0.2) is 29.6 Å². The summed E-state index contributed by atoms with van der Waals surface area (Å²) in [5, 5.41) is 4.13. The van der Waals surface area contributed by atoms with Crippen molar-refractivity contribution in [3.8, 4) is 0 Å². The van der Waals surface area contributed by atoms with E-state index in [1.807, 2.05) is 36.4 Å². The van der Waals surface area contributed by atoms with Gasteiger partial charge in [-0.15, -0.1) is 0 Å². The molecule has 0 heterocycles. The maximum absolute atomic E-state index is 11.1. The molecular formula is C22H28N2O2S.